The Balaban J connectivity index is -0.000000589. The summed E-state index contributed by atoms with van der Waals surface area (Å²) >= 11 is 0. The second kappa shape index (κ2) is 65.8. The zero-order valence-electron chi connectivity index (χ0n) is 96.7. The molecular formula is C117H215Br8ClN10O5P2. The topological polar surface area (TPSA) is 122 Å². The fraction of sp³-hybridized carbons (Fsp3) is 0.744. The Morgan fingerprint density at radius 1 is 0.329 bits per heavy atom. The van der Waals surface area contributed by atoms with E-state index in [9.17, 15) is 14.7 Å². The van der Waals surface area contributed by atoms with Gasteiger partial charge in [-0.15, -0.1) is 6.58 Å². The van der Waals surface area contributed by atoms with E-state index in [1.165, 1.54) is 212 Å². The van der Waals surface area contributed by atoms with Crippen LogP contribution in [-0.4, -0.2) is 319 Å². The van der Waals surface area contributed by atoms with Crippen molar-refractivity contribution in [1.82, 2.24) is 15.5 Å². The van der Waals surface area contributed by atoms with Crippen LogP contribution in [0, 0.1) is 32.5 Å². The number of urea groups is 1. The first kappa shape index (κ1) is 151. The summed E-state index contributed by atoms with van der Waals surface area (Å²) in [6, 6.07) is 48.6. The van der Waals surface area contributed by atoms with Crippen LogP contribution in [0.4, 0.5) is 4.79 Å². The summed E-state index contributed by atoms with van der Waals surface area (Å²) in [7, 11) is 29.3. The molecule has 836 valence electrons. The van der Waals surface area contributed by atoms with E-state index < -0.39 is 20.1 Å². The second-order valence-corrected chi connectivity index (χ2v) is 61.5. The van der Waals surface area contributed by atoms with E-state index in [1.807, 2.05) is 26.2 Å². The van der Waals surface area contributed by atoms with Crippen LogP contribution in [0.25, 0.3) is 0 Å². The van der Waals surface area contributed by atoms with Crippen LogP contribution in [-0.2, 0) is 4.79 Å². The van der Waals surface area contributed by atoms with Gasteiger partial charge in [-0.2, -0.15) is 0 Å². The number of hydrogen-bond acceptors (Lipinski definition) is 6. The van der Waals surface area contributed by atoms with E-state index in [2.05, 4.69) is 340 Å². The molecule has 0 spiro atoms. The summed E-state index contributed by atoms with van der Waals surface area (Å²) in [5, 5.41) is 40.9. The number of likely N-dealkylation sites (N-methyl/N-ethyl adjacent to an activating group) is 3. The predicted octanol–water partition coefficient (Wildman–Crippen LogP) is -5.29. The summed E-state index contributed by atoms with van der Waals surface area (Å²) < 4.78 is 7.23. The third kappa shape index (κ3) is 52.5. The molecule has 5 N–H and O–H groups in total. The number of unbranched alkanes of at least 4 members (excludes halogenated alkanes) is 7. The molecule has 2 saturated heterocycles. The third-order valence-corrected chi connectivity index (χ3v) is 41.3. The lowest BCUT2D eigenvalue weighted by Gasteiger charge is -2.51. The Morgan fingerprint density at radius 2 is 0.594 bits per heavy atom. The highest BCUT2D eigenvalue weighted by molar-refractivity contribution is 7.90. The Kier molecular flexibility index (Phi) is 69.6. The van der Waals surface area contributed by atoms with Crippen molar-refractivity contribution in [2.75, 3.05) is 215 Å². The van der Waals surface area contributed by atoms with Crippen molar-refractivity contribution < 1.29 is 205 Å². The first-order chi connectivity index (χ1) is 61.8. The number of imide groups is 1. The fourth-order valence-corrected chi connectivity index (χ4v) is 34.5. The van der Waals surface area contributed by atoms with Gasteiger partial charge in [-0.1, -0.05) is 169 Å². The average Bonchev–Trinajstić information content (AvgIpc) is 1.73. The predicted molar refractivity (Wildman–Crippen MR) is 587 cm³/mol. The van der Waals surface area contributed by atoms with Gasteiger partial charge in [0.2, 0.25) is 0 Å². The first-order valence-corrected chi connectivity index (χ1v) is 57.3. The maximum Gasteiger partial charge on any atom is 0.325 e. The number of aliphatic hydroxyl groups is 3. The van der Waals surface area contributed by atoms with Crippen molar-refractivity contribution >= 4 is 47.7 Å². The van der Waals surface area contributed by atoms with Crippen molar-refractivity contribution in [2.24, 2.45) is 32.5 Å². The zero-order valence-corrected chi connectivity index (χ0v) is 112. The number of carbonyl (C=O) groups excluding carboxylic acids is 2. The Labute approximate surface area is 972 Å². The number of nitrogens with one attached hydrogen (secondary N) is 2. The number of rotatable bonds is 46. The van der Waals surface area contributed by atoms with Gasteiger partial charge < -0.3 is 206 Å². The monoisotopic (exact) mass is 2570 g/mol. The normalized spacial score (nSPS) is 18.6. The molecule has 3 aliphatic carbocycles. The van der Waals surface area contributed by atoms with Crippen LogP contribution in [0.1, 0.15) is 279 Å². The SMILES string of the molecule is C=CCCCC[N+](C)(C)C1CC(C)(C)NC(C)(C)C1.C=CC[N+](C)(C)CCN1C(=O)NC(C)(C)C1=O.CC1(C)CC([N+](C)(C)CCCCCC[N+](C)(C)CCO)CC(C)(C)C1.CC1(C)CC([N+](C)(C)CCCC[P+](CCCC[P+](CCCO)(c2ccccc2)c2ccccc2)(c2ccccc2)c2ccccc2)CC(C)(C)C1.CC1(C)CC([N+](C)(C)CCC[N+](C)(C)CCO)CC(C)(C)C1.[Br-].[Br-].[Br-].[Br-].[Br-].[Br-].[Br-].[Br-].[Cl-]. The lowest BCUT2D eigenvalue weighted by Crippen LogP contribution is -3.00. The first-order valence-electron chi connectivity index (χ1n) is 53.0. The molecule has 4 aromatic rings. The minimum atomic E-state index is -1.67. The van der Waals surface area contributed by atoms with Crippen molar-refractivity contribution in [1.29, 1.82) is 0 Å². The van der Waals surface area contributed by atoms with Crippen LogP contribution < -0.4 is 180 Å². The van der Waals surface area contributed by atoms with Crippen LogP contribution in [0.5, 0.6) is 0 Å². The van der Waals surface area contributed by atoms with E-state index in [-0.39, 0.29) is 184 Å². The molecule has 2 heterocycles. The van der Waals surface area contributed by atoms with Crippen LogP contribution in [0.2, 0.25) is 0 Å². The van der Waals surface area contributed by atoms with Crippen molar-refractivity contribution in [3.05, 3.63) is 147 Å². The number of carbonyl (C=O) groups is 2. The molecule has 2 aliphatic heterocycles. The summed E-state index contributed by atoms with van der Waals surface area (Å²) in [5.74, 6) is -0.152. The number of halogens is 9. The van der Waals surface area contributed by atoms with Crippen LogP contribution in [0.3, 0.4) is 0 Å². The highest BCUT2D eigenvalue weighted by Gasteiger charge is 2.52. The molecule has 0 aromatic heterocycles. The number of aliphatic hydroxyl groups excluding tert-OH is 3. The van der Waals surface area contributed by atoms with E-state index in [0.29, 0.717) is 50.1 Å². The van der Waals surface area contributed by atoms with E-state index in [1.54, 1.807) is 24.5 Å². The van der Waals surface area contributed by atoms with Gasteiger partial charge in [0.1, 0.15) is 18.6 Å². The number of piperidine rings is 1. The molecule has 15 nitrogen and oxygen atoms in total. The lowest BCUT2D eigenvalue weighted by atomic mass is 9.63. The largest absolute Gasteiger partial charge is 1.00 e. The third-order valence-electron chi connectivity index (χ3n) is 31.8. The number of benzene rings is 4. The van der Waals surface area contributed by atoms with Gasteiger partial charge in [0.25, 0.3) is 5.91 Å². The van der Waals surface area contributed by atoms with Crippen molar-refractivity contribution in [2.45, 2.75) is 320 Å². The van der Waals surface area contributed by atoms with Gasteiger partial charge in [0, 0.05) is 88.3 Å². The molecule has 3 saturated carbocycles. The van der Waals surface area contributed by atoms with Gasteiger partial charge >= 0.3 is 6.03 Å². The summed E-state index contributed by atoms with van der Waals surface area (Å²) in [6.07, 6.45) is 39.5. The second-order valence-electron chi connectivity index (χ2n) is 53.7. The quantitative estimate of drug-likeness (QED) is 0.00994. The summed E-state index contributed by atoms with van der Waals surface area (Å²) in [5.41, 5.74) is 2.47. The smallest absolute Gasteiger partial charge is 0.325 e. The number of allylic oxidation sites excluding steroid dienone is 1. The molecule has 9 rings (SSSR count). The maximum atomic E-state index is 11.9. The summed E-state index contributed by atoms with van der Waals surface area (Å²) in [6.45, 7) is 61.9. The van der Waals surface area contributed by atoms with Gasteiger partial charge in [-0.3, -0.25) is 9.69 Å². The number of quaternary nitrogens is 7. The molecule has 3 amide bonds. The molecule has 143 heavy (non-hydrogen) atoms. The van der Waals surface area contributed by atoms with Gasteiger partial charge in [-0.25, -0.2) is 4.79 Å². The number of amides is 3. The number of nitrogens with zero attached hydrogens (tertiary/aromatic N) is 8. The molecule has 0 atom stereocenters. The highest BCUT2D eigenvalue weighted by Crippen LogP contribution is 2.61. The fourth-order valence-electron chi connectivity index (χ4n) is 25.5. The van der Waals surface area contributed by atoms with Crippen LogP contribution >= 0.6 is 14.5 Å². The molecule has 4 aromatic carbocycles. The molecule has 5 fully saturated rings. The minimum Gasteiger partial charge on any atom is -1.00 e. The van der Waals surface area contributed by atoms with E-state index in [0.717, 1.165) is 98.3 Å². The van der Waals surface area contributed by atoms with Gasteiger partial charge in [0.15, 0.2) is 0 Å². The Hall–Kier alpha value is -0.150. The molecular weight excluding hydrogens is 2360 g/mol. The van der Waals surface area contributed by atoms with E-state index in [4.69, 9.17) is 10.2 Å². The van der Waals surface area contributed by atoms with Crippen molar-refractivity contribution in [3.8, 4) is 0 Å². The molecule has 0 bridgehead atoms. The maximum absolute atomic E-state index is 11.9. The van der Waals surface area contributed by atoms with Gasteiger partial charge in [-0.05, 0) is 212 Å². The van der Waals surface area contributed by atoms with Crippen LogP contribution in [0.15, 0.2) is 147 Å². The zero-order chi connectivity index (χ0) is 101. The standard InChI is InChI=1S/C47H68NOP2.C22H48N2O.C19H42N2O.C17H35N2.C12H21N3O2.8BrH.ClH/c1-46(2)38-41(39-47(3,4)40-46)48(5,6)32-19-20-34-50(42-24-11-7-12-25-42,43-26-13-8-14-27-43)35-21-22-36-51(37-23-33-49,44-28-15-9-16-29-44)45-30-17-10-18-31-45;1-21(2)17-20(18-22(3,4)19-21)24(7,8)14-12-10-9-11-13-23(5,6)15-16-25;1-18(2)14-17(15-19(3,4)16-18)21(7,8)11-9-10-20(5,6)12-13-22;1-8-9-10-11-12-19(6,7)15-13-16(2,3)18-17(4,5)14-15;1-6-8-15(4,5)9-7-14-10(16)12(2,3)13-11(14)17;;;;;;;;;/h7-18,24-31,41,49H,19-23,32-40H2,1-6H3;20,25H,9-19H2,1-8H3;17,22H,9-16H2,1-8H3;8,15,18H,1,9-14H2,2-7H3;6H,1,7-9H2,2-5H3;9*1H/q+3;2*+2;+1;;;;;;;;;;/p-8. The molecule has 5 aliphatic rings. The van der Waals surface area contributed by atoms with E-state index >= 15 is 0 Å². The molecule has 26 heteroatoms. The average molecular weight is 2580 g/mol. The molecule has 0 radical (unpaired) electrons. The highest BCUT2D eigenvalue weighted by atomic mass is 79.9. The minimum absolute atomic E-state index is 0. The van der Waals surface area contributed by atoms with Gasteiger partial charge in [0.05, 0.1) is 255 Å². The molecule has 0 unspecified atom stereocenters. The Bertz CT molecular complexity index is 3980. The van der Waals surface area contributed by atoms with Crippen molar-refractivity contribution in [3.63, 3.8) is 0 Å². The Morgan fingerprint density at radius 3 is 0.874 bits per heavy atom. The number of hydrogen-bond donors (Lipinski definition) is 5. The summed E-state index contributed by atoms with van der Waals surface area (Å²) in [4.78, 5) is 24.9. The lowest BCUT2D eigenvalue weighted by molar-refractivity contribution is -0.927.